The first-order chi connectivity index (χ1) is 9.72. The summed E-state index contributed by atoms with van der Waals surface area (Å²) in [5.74, 6) is 0.942. The van der Waals surface area contributed by atoms with Gasteiger partial charge in [0.05, 0.1) is 19.3 Å². The van der Waals surface area contributed by atoms with Crippen LogP contribution in [-0.2, 0) is 4.74 Å². The van der Waals surface area contributed by atoms with Crippen molar-refractivity contribution in [1.82, 2.24) is 4.90 Å². The molecule has 1 aliphatic carbocycles. The Morgan fingerprint density at radius 2 is 1.85 bits per heavy atom. The molecule has 5 heteroatoms. The first-order valence-electron chi connectivity index (χ1n) is 7.14. The molecule has 0 amide bonds. The maximum atomic E-state index is 12.9. The highest BCUT2D eigenvalue weighted by atomic mass is 19.1. The number of morpholine rings is 1. The van der Waals surface area contributed by atoms with Crippen molar-refractivity contribution in [1.29, 1.82) is 0 Å². The van der Waals surface area contributed by atoms with Crippen LogP contribution in [-0.4, -0.2) is 43.2 Å². The van der Waals surface area contributed by atoms with Crippen LogP contribution in [0, 0.1) is 5.82 Å². The fraction of sp³-hybridized carbons (Fsp3) is 0.533. The molecular formula is C15H20FN3O. The van der Waals surface area contributed by atoms with Gasteiger partial charge in [-0.1, -0.05) is 12.1 Å². The van der Waals surface area contributed by atoms with E-state index in [4.69, 9.17) is 10.5 Å². The van der Waals surface area contributed by atoms with Gasteiger partial charge in [0.2, 0.25) is 0 Å². The Morgan fingerprint density at radius 1 is 1.20 bits per heavy atom. The molecule has 1 heterocycles. The van der Waals surface area contributed by atoms with E-state index in [1.54, 1.807) is 0 Å². The van der Waals surface area contributed by atoms with Crippen molar-refractivity contribution < 1.29 is 9.13 Å². The molecule has 0 bridgehead atoms. The summed E-state index contributed by atoms with van der Waals surface area (Å²) in [6.07, 6.45) is 1.99. The van der Waals surface area contributed by atoms with Gasteiger partial charge in [-0.2, -0.15) is 0 Å². The maximum Gasteiger partial charge on any atom is 0.191 e. The lowest BCUT2D eigenvalue weighted by Gasteiger charge is -2.35. The van der Waals surface area contributed by atoms with Crippen molar-refractivity contribution in [3.8, 4) is 0 Å². The molecule has 1 aromatic carbocycles. The summed E-state index contributed by atoms with van der Waals surface area (Å²) < 4.78 is 18.2. The van der Waals surface area contributed by atoms with Gasteiger partial charge in [-0.05, 0) is 36.5 Å². The smallest absolute Gasteiger partial charge is 0.191 e. The molecule has 0 radical (unpaired) electrons. The summed E-state index contributed by atoms with van der Waals surface area (Å²) in [6.45, 7) is 3.09. The van der Waals surface area contributed by atoms with Crippen LogP contribution < -0.4 is 5.73 Å². The fourth-order valence-electron chi connectivity index (χ4n) is 2.76. The highest BCUT2D eigenvalue weighted by Crippen LogP contribution is 2.38. The first-order valence-corrected chi connectivity index (χ1v) is 7.14. The van der Waals surface area contributed by atoms with Crippen LogP contribution in [0.5, 0.6) is 0 Å². The number of rotatable bonds is 2. The second-order valence-electron chi connectivity index (χ2n) is 5.46. The Morgan fingerprint density at radius 3 is 2.50 bits per heavy atom. The number of guanidine groups is 1. The summed E-state index contributed by atoms with van der Waals surface area (Å²) in [4.78, 5) is 6.67. The number of nitrogens with two attached hydrogens (primary N) is 1. The van der Waals surface area contributed by atoms with Crippen molar-refractivity contribution in [2.24, 2.45) is 10.7 Å². The van der Waals surface area contributed by atoms with Crippen LogP contribution in [0.4, 0.5) is 4.39 Å². The van der Waals surface area contributed by atoms with Gasteiger partial charge in [0.1, 0.15) is 5.82 Å². The Bertz CT molecular complexity index is 476. The van der Waals surface area contributed by atoms with Crippen molar-refractivity contribution in [3.63, 3.8) is 0 Å². The first kappa shape index (κ1) is 13.4. The highest BCUT2D eigenvalue weighted by Gasteiger charge is 2.30. The Labute approximate surface area is 118 Å². The van der Waals surface area contributed by atoms with E-state index in [0.29, 0.717) is 17.9 Å². The number of halogens is 1. The van der Waals surface area contributed by atoms with E-state index in [-0.39, 0.29) is 5.82 Å². The molecule has 1 saturated carbocycles. The van der Waals surface area contributed by atoms with E-state index >= 15 is 0 Å². The van der Waals surface area contributed by atoms with Gasteiger partial charge in [-0.25, -0.2) is 9.38 Å². The lowest BCUT2D eigenvalue weighted by molar-refractivity contribution is 0.0671. The number of aliphatic imine (C=N–C) groups is 1. The number of hydrogen-bond acceptors (Lipinski definition) is 2. The van der Waals surface area contributed by atoms with Gasteiger partial charge in [0.25, 0.3) is 0 Å². The molecule has 4 nitrogen and oxygen atoms in total. The third-order valence-electron chi connectivity index (χ3n) is 4.10. The van der Waals surface area contributed by atoms with Crippen LogP contribution >= 0.6 is 0 Å². The topological polar surface area (TPSA) is 50.8 Å². The zero-order chi connectivity index (χ0) is 13.9. The van der Waals surface area contributed by atoms with Gasteiger partial charge < -0.3 is 15.4 Å². The zero-order valence-electron chi connectivity index (χ0n) is 11.5. The average molecular weight is 277 g/mol. The third-order valence-corrected chi connectivity index (χ3v) is 4.10. The molecule has 108 valence electrons. The minimum atomic E-state index is -0.181. The van der Waals surface area contributed by atoms with Gasteiger partial charge in [0, 0.05) is 13.1 Å². The molecule has 2 aliphatic rings. The van der Waals surface area contributed by atoms with E-state index in [2.05, 4.69) is 9.89 Å². The molecular weight excluding hydrogens is 257 g/mol. The molecule has 1 aromatic rings. The minimum Gasteiger partial charge on any atom is -0.378 e. The lowest BCUT2D eigenvalue weighted by atomic mass is 9.76. The lowest BCUT2D eigenvalue weighted by Crippen LogP contribution is -2.46. The summed E-state index contributed by atoms with van der Waals surface area (Å²) in [5, 5.41) is 0. The molecule has 20 heavy (non-hydrogen) atoms. The van der Waals surface area contributed by atoms with E-state index in [1.807, 2.05) is 12.1 Å². The van der Waals surface area contributed by atoms with Crippen molar-refractivity contribution >= 4 is 5.96 Å². The van der Waals surface area contributed by atoms with Gasteiger partial charge in [-0.3, -0.25) is 0 Å². The van der Waals surface area contributed by atoms with E-state index in [9.17, 15) is 4.39 Å². The highest BCUT2D eigenvalue weighted by molar-refractivity contribution is 5.78. The quantitative estimate of drug-likeness (QED) is 0.661. The van der Waals surface area contributed by atoms with Gasteiger partial charge in [-0.15, -0.1) is 0 Å². The van der Waals surface area contributed by atoms with Crippen LogP contribution in [0.3, 0.4) is 0 Å². The molecule has 1 saturated heterocycles. The summed E-state index contributed by atoms with van der Waals surface area (Å²) in [7, 11) is 0. The number of benzene rings is 1. The molecule has 1 aliphatic heterocycles. The van der Waals surface area contributed by atoms with Crippen molar-refractivity contribution in [3.05, 3.63) is 35.6 Å². The maximum absolute atomic E-state index is 12.9. The molecule has 2 fully saturated rings. The van der Waals surface area contributed by atoms with Crippen molar-refractivity contribution in [2.75, 3.05) is 26.3 Å². The fourth-order valence-corrected chi connectivity index (χ4v) is 2.76. The SMILES string of the molecule is NC(=NC1CC(c2ccc(F)cc2)C1)N1CCOCC1. The molecule has 3 rings (SSSR count). The van der Waals surface area contributed by atoms with E-state index in [1.165, 1.54) is 17.7 Å². The third kappa shape index (κ3) is 2.93. The largest absolute Gasteiger partial charge is 0.378 e. The van der Waals surface area contributed by atoms with Crippen molar-refractivity contribution in [2.45, 2.75) is 24.8 Å². The molecule has 0 unspecified atom stereocenters. The van der Waals surface area contributed by atoms with E-state index < -0.39 is 0 Å². The Kier molecular flexibility index (Phi) is 3.87. The zero-order valence-corrected chi connectivity index (χ0v) is 11.5. The predicted octanol–water partition coefficient (Wildman–Crippen LogP) is 1.72. The molecule has 2 N–H and O–H groups in total. The number of nitrogens with zero attached hydrogens (tertiary/aromatic N) is 2. The van der Waals surface area contributed by atoms with E-state index in [0.717, 1.165) is 39.1 Å². The number of ether oxygens (including phenoxy) is 1. The van der Waals surface area contributed by atoms with Gasteiger partial charge >= 0.3 is 0 Å². The summed E-state index contributed by atoms with van der Waals surface area (Å²) in [5.41, 5.74) is 7.23. The Hall–Kier alpha value is -1.62. The monoisotopic (exact) mass is 277 g/mol. The molecule has 0 spiro atoms. The second kappa shape index (κ2) is 5.79. The van der Waals surface area contributed by atoms with Crippen LogP contribution in [0.1, 0.15) is 24.3 Å². The average Bonchev–Trinajstić information content (AvgIpc) is 2.44. The van der Waals surface area contributed by atoms with Crippen LogP contribution in [0.2, 0.25) is 0 Å². The molecule has 0 aromatic heterocycles. The predicted molar refractivity (Wildman–Crippen MR) is 76.2 cm³/mol. The molecule has 0 atom stereocenters. The standard InChI is InChI=1S/C15H20FN3O/c16-13-3-1-11(2-4-13)12-9-14(10-12)18-15(17)19-5-7-20-8-6-19/h1-4,12,14H,5-10H2,(H2,17,18). The van der Waals surface area contributed by atoms with Crippen LogP contribution in [0.15, 0.2) is 29.3 Å². The number of hydrogen-bond donors (Lipinski definition) is 1. The minimum absolute atomic E-state index is 0.181. The normalized spacial score (nSPS) is 27.2. The Balaban J connectivity index is 1.53. The summed E-state index contributed by atoms with van der Waals surface area (Å²) in [6, 6.07) is 7.08. The van der Waals surface area contributed by atoms with Gasteiger partial charge in [0.15, 0.2) is 5.96 Å². The van der Waals surface area contributed by atoms with Crippen LogP contribution in [0.25, 0.3) is 0 Å². The second-order valence-corrected chi connectivity index (χ2v) is 5.46. The summed E-state index contributed by atoms with van der Waals surface area (Å²) >= 11 is 0.